The van der Waals surface area contributed by atoms with E-state index in [4.69, 9.17) is 14.2 Å². The van der Waals surface area contributed by atoms with Crippen molar-refractivity contribution in [1.82, 2.24) is 9.97 Å². The Morgan fingerprint density at radius 1 is 0.707 bits per heavy atom. The van der Waals surface area contributed by atoms with Crippen molar-refractivity contribution < 1.29 is 69.6 Å². The molecule has 2 aromatic heterocycles. The van der Waals surface area contributed by atoms with Crippen LogP contribution in [0.25, 0.3) is 11.1 Å². The number of aromatic nitrogens is 2. The maximum atomic E-state index is 12.8. The molecular weight excluding hydrogens is 1390 g/mol. The van der Waals surface area contributed by atoms with Crippen LogP contribution < -0.4 is 9.47 Å². The first-order valence-corrected chi connectivity index (χ1v) is 31.1. The second-order valence-corrected chi connectivity index (χ2v) is 51.5. The zero-order valence-electron chi connectivity index (χ0n) is 30.6. The van der Waals surface area contributed by atoms with Gasteiger partial charge in [0.2, 0.25) is 11.8 Å². The molecule has 10 nitrogen and oxygen atoms in total. The van der Waals surface area contributed by atoms with Gasteiger partial charge in [-0.2, -0.15) is 26.3 Å². The van der Waals surface area contributed by atoms with Gasteiger partial charge < -0.3 is 36.2 Å². The maximum absolute atomic E-state index is 12.8. The Morgan fingerprint density at radius 2 is 1.05 bits per heavy atom. The van der Waals surface area contributed by atoms with Gasteiger partial charge in [0.25, 0.3) is 0 Å². The zero-order valence-corrected chi connectivity index (χ0v) is 42.8. The number of hydrogen-bond donors (Lipinski definition) is 1. The molecule has 0 aliphatic heterocycles. The number of methoxy groups -OCH3 is 3. The number of nitrogens with zero attached hydrogens (tertiary/aromatic N) is 2. The Morgan fingerprint density at radius 3 is 1.38 bits per heavy atom. The van der Waals surface area contributed by atoms with E-state index in [9.17, 15) is 41.0 Å². The number of aliphatic hydroxyl groups is 1. The summed E-state index contributed by atoms with van der Waals surface area (Å²) >= 11 is 12.0. The first-order valence-electron chi connectivity index (χ1n) is 15.1. The summed E-state index contributed by atoms with van der Waals surface area (Å²) in [6.45, 7) is 2.14. The predicted molar refractivity (Wildman–Crippen MR) is 247 cm³/mol. The molecule has 0 spiro atoms. The summed E-state index contributed by atoms with van der Waals surface area (Å²) in [5.41, 5.74) is -1.54. The Bertz CT molecular complexity index is 1940. The fourth-order valence-electron chi connectivity index (χ4n) is 3.86. The molecule has 0 aliphatic rings. The van der Waals surface area contributed by atoms with Crippen molar-refractivity contribution >= 4 is 128 Å². The summed E-state index contributed by atoms with van der Waals surface area (Å²) in [5, 5.41) is 9.24. The monoisotopic (exact) mass is 1420 g/mol. The average Bonchev–Trinajstić information content (AvgIpc) is 3.14. The molecule has 22 heteroatoms. The number of esters is 2. The minimum atomic E-state index is -4.54. The van der Waals surface area contributed by atoms with E-state index in [1.54, 1.807) is 30.3 Å². The molecule has 0 atom stereocenters. The third kappa shape index (κ3) is 21.1. The summed E-state index contributed by atoms with van der Waals surface area (Å²) in [5.74, 6) is -1.91. The van der Waals surface area contributed by atoms with E-state index < -0.39 is 35.4 Å². The standard InChI is InChI=1S/C17H14F3NO4.C16H12F3NO4.C2H4I2.CH3.3HI.V/c1-23-10-13(16(22)24-2)12-5-3-4-6-14(12)25-15-9-11(7-8-21-15)17(18,19)20;1-23-15(22)12(9-21)11-4-2-3-5-13(11)24-14-8-10(6-7-20-14)16(17,18)19;1-2(3)4;;;;;/h3-10H,1-2H3;2-9,21H,1H3;2H,1H3;1H3;3*1H;/q;;;-1;;;;+3/p-3/b13-10+;12-9+;;;;;;. The van der Waals surface area contributed by atoms with E-state index in [-0.39, 0.29) is 57.9 Å². The second kappa shape index (κ2) is 28.7. The van der Waals surface area contributed by atoms with Gasteiger partial charge >= 0.3 is 89.1 Å². The number of ether oxygens (including phenoxy) is 5. The first-order chi connectivity index (χ1) is 26.7. The van der Waals surface area contributed by atoms with E-state index in [2.05, 4.69) is 131 Å². The third-order valence-electron chi connectivity index (χ3n) is 6.08. The number of alkyl halides is 8. The van der Waals surface area contributed by atoms with Crippen LogP contribution >= 0.6 is 105 Å². The molecule has 4 rings (SSSR count). The Hall–Kier alpha value is -1.83. The average molecular weight is 1420 g/mol. The van der Waals surface area contributed by atoms with Gasteiger partial charge in [-0.1, -0.05) is 81.6 Å². The van der Waals surface area contributed by atoms with Crippen LogP contribution in [-0.2, 0) is 41.1 Å². The van der Waals surface area contributed by atoms with E-state index in [1.807, 2.05) is 0 Å². The normalized spacial score (nSPS) is 11.3. The second-order valence-electron chi connectivity index (χ2n) is 9.96. The van der Waals surface area contributed by atoms with Crippen LogP contribution in [0.3, 0.4) is 0 Å². The topological polar surface area (TPSA) is 126 Å². The van der Waals surface area contributed by atoms with Crippen LogP contribution in [0.5, 0.6) is 23.3 Å². The van der Waals surface area contributed by atoms with Crippen LogP contribution in [0.2, 0.25) is 0 Å². The Labute approximate surface area is 396 Å². The summed E-state index contributed by atoms with van der Waals surface area (Å²) in [6, 6.07) is 15.4. The number of rotatable bonds is 9. The van der Waals surface area contributed by atoms with Crippen LogP contribution in [0.4, 0.5) is 26.3 Å². The van der Waals surface area contributed by atoms with Crippen LogP contribution in [0.15, 0.2) is 97.7 Å². The van der Waals surface area contributed by atoms with Gasteiger partial charge in [0.1, 0.15) is 22.6 Å². The molecule has 0 radical (unpaired) electrons. The van der Waals surface area contributed by atoms with Crippen LogP contribution in [-0.4, -0.2) is 50.3 Å². The summed E-state index contributed by atoms with van der Waals surface area (Å²) in [7, 11) is 3.67. The minimum absolute atomic E-state index is 0. The number of carbonyl (C=O) groups is 2. The van der Waals surface area contributed by atoms with Gasteiger partial charge in [-0.25, -0.2) is 19.6 Å². The zero-order chi connectivity index (χ0) is 43.3. The van der Waals surface area contributed by atoms with Gasteiger partial charge in [-0.15, -0.1) is 0 Å². The van der Waals surface area contributed by atoms with Crippen molar-refractivity contribution in [3.8, 4) is 23.3 Å². The molecular formula is C36H33F6I5N2O8V-. The van der Waals surface area contributed by atoms with Crippen molar-refractivity contribution in [2.75, 3.05) is 21.3 Å². The van der Waals surface area contributed by atoms with Crippen molar-refractivity contribution in [3.63, 3.8) is 0 Å². The molecule has 318 valence electrons. The van der Waals surface area contributed by atoms with Crippen molar-refractivity contribution in [1.29, 1.82) is 0 Å². The number of carbonyl (C=O) groups excluding carboxylic acids is 2. The fraction of sp³-hybridized carbons (Fsp3) is 0.194. The van der Waals surface area contributed by atoms with Gasteiger partial charge in [-0.05, 0) is 31.2 Å². The summed E-state index contributed by atoms with van der Waals surface area (Å²) < 4.78 is 102. The number of pyridine rings is 2. The van der Waals surface area contributed by atoms with E-state index in [0.717, 1.165) is 52.0 Å². The van der Waals surface area contributed by atoms with Gasteiger partial charge in [0.05, 0.1) is 46.9 Å². The fourth-order valence-corrected chi connectivity index (χ4v) is 3.86. The molecule has 1 N–H and O–H groups in total. The van der Waals surface area contributed by atoms with E-state index in [1.165, 1.54) is 32.4 Å². The molecule has 0 aliphatic carbocycles. The molecule has 0 saturated carbocycles. The number of aliphatic hydroxyl groups excluding tert-OH is 1. The molecule has 2 heterocycles. The van der Waals surface area contributed by atoms with Crippen LogP contribution in [0.1, 0.15) is 29.2 Å². The quantitative estimate of drug-likeness (QED) is 0.0329. The van der Waals surface area contributed by atoms with Crippen molar-refractivity contribution in [3.05, 3.63) is 127 Å². The number of hydrogen-bond acceptors (Lipinski definition) is 10. The number of halogens is 11. The van der Waals surface area contributed by atoms with Gasteiger partial charge in [-0.3, -0.25) is 0 Å². The van der Waals surface area contributed by atoms with Crippen LogP contribution in [0, 0.1) is 7.43 Å². The van der Waals surface area contributed by atoms with E-state index in [0.29, 0.717) is 6.26 Å². The first kappa shape index (κ1) is 56.2. The Kier molecular flexibility index (Phi) is 27.8. The van der Waals surface area contributed by atoms with Crippen molar-refractivity contribution in [2.24, 2.45) is 0 Å². The molecule has 0 unspecified atom stereocenters. The van der Waals surface area contributed by atoms with E-state index >= 15 is 0 Å². The molecule has 0 amide bonds. The molecule has 4 aromatic rings. The predicted octanol–water partition coefficient (Wildman–Crippen LogP) is 13.3. The van der Waals surface area contributed by atoms with Crippen molar-refractivity contribution in [2.45, 2.75) is 21.2 Å². The number of para-hydroxylation sites is 2. The van der Waals surface area contributed by atoms with Gasteiger partial charge in [0, 0.05) is 35.7 Å². The van der Waals surface area contributed by atoms with Gasteiger partial charge in [0.15, 0.2) is 0 Å². The molecule has 58 heavy (non-hydrogen) atoms. The molecule has 0 saturated heterocycles. The SMILES string of the molecule is CC(I)I.CO/C=C(/C(=O)OC)c1ccccc1Oc1cc(C(F)(F)F)ccn1.COC(=O)/C(=C/O)c1ccccc1Oc1cc(C(F)(F)F)ccn1.[CH3-].[I][V]([I])[I]. The third-order valence-corrected chi connectivity index (χ3v) is 6.08. The molecule has 0 bridgehead atoms. The summed E-state index contributed by atoms with van der Waals surface area (Å²) in [4.78, 5) is 30.8. The summed E-state index contributed by atoms with van der Waals surface area (Å²) in [6.07, 6.45) is -5.41. The number of benzene rings is 2. The Balaban J connectivity index is 0.000000932. The molecule has 0 fully saturated rings. The molecule has 2 aromatic carbocycles.